The average Bonchev–Trinajstić information content (AvgIpc) is 3.35. The predicted octanol–water partition coefficient (Wildman–Crippen LogP) is 6.66. The summed E-state index contributed by atoms with van der Waals surface area (Å²) in [5, 5.41) is 12.7. The molecule has 1 unspecified atom stereocenters. The van der Waals surface area contributed by atoms with Crippen LogP contribution in [-0.4, -0.2) is 32.3 Å². The Balaban J connectivity index is 1.36. The van der Waals surface area contributed by atoms with E-state index in [1.807, 2.05) is 105 Å². The molecule has 0 saturated heterocycles. The molecule has 1 aliphatic heterocycles. The van der Waals surface area contributed by atoms with Gasteiger partial charge < -0.3 is 9.88 Å². The number of hydrogen-bond donors (Lipinski definition) is 1. The number of amides is 2. The van der Waals surface area contributed by atoms with E-state index < -0.39 is 0 Å². The summed E-state index contributed by atoms with van der Waals surface area (Å²) in [6.45, 7) is 8.73. The van der Waals surface area contributed by atoms with Crippen molar-refractivity contribution in [1.29, 1.82) is 0 Å². The minimum Gasteiger partial charge on any atom is -0.342 e. The summed E-state index contributed by atoms with van der Waals surface area (Å²) < 4.78 is 1.99. The first-order chi connectivity index (χ1) is 18.9. The van der Waals surface area contributed by atoms with E-state index in [0.29, 0.717) is 23.1 Å². The highest BCUT2D eigenvalue weighted by Gasteiger charge is 2.29. The number of nitrogens with zero attached hydrogens (tertiary/aromatic N) is 4. The average molecular weight is 558 g/mol. The van der Waals surface area contributed by atoms with Crippen LogP contribution in [0, 0.1) is 12.8 Å². The molecule has 2 heterocycles. The molecule has 1 aromatic heterocycles. The molecule has 1 N–H and O–H groups in total. The van der Waals surface area contributed by atoms with Crippen LogP contribution >= 0.6 is 23.5 Å². The highest BCUT2D eigenvalue weighted by molar-refractivity contribution is 8.00. The number of fused-ring (bicyclic) bond motifs is 2. The van der Waals surface area contributed by atoms with E-state index >= 15 is 0 Å². The molecule has 0 bridgehead atoms. The van der Waals surface area contributed by atoms with Crippen molar-refractivity contribution in [3.05, 3.63) is 89.7 Å². The van der Waals surface area contributed by atoms with Gasteiger partial charge in [0.25, 0.3) is 5.91 Å². The van der Waals surface area contributed by atoms with Crippen molar-refractivity contribution in [2.24, 2.45) is 5.92 Å². The molecule has 0 spiro atoms. The minimum absolute atomic E-state index is 0.0273. The Bertz CT molecular complexity index is 1450. The molecule has 1 atom stereocenters. The predicted molar refractivity (Wildman–Crippen MR) is 157 cm³/mol. The number of benzene rings is 3. The first-order valence-corrected chi connectivity index (χ1v) is 14.8. The fourth-order valence-electron chi connectivity index (χ4n) is 4.56. The van der Waals surface area contributed by atoms with Crippen LogP contribution in [0.1, 0.15) is 48.6 Å². The van der Waals surface area contributed by atoms with Crippen molar-refractivity contribution in [2.45, 2.75) is 55.2 Å². The number of anilines is 2. The first-order valence-electron chi connectivity index (χ1n) is 13.0. The van der Waals surface area contributed by atoms with Gasteiger partial charge in [0.05, 0.1) is 23.2 Å². The van der Waals surface area contributed by atoms with Gasteiger partial charge in [0.15, 0.2) is 11.0 Å². The molecule has 7 nitrogen and oxygen atoms in total. The molecule has 0 fully saturated rings. The number of aromatic nitrogens is 3. The molecular formula is C30H31N5O2S2. The Kier molecular flexibility index (Phi) is 8.09. The van der Waals surface area contributed by atoms with Crippen molar-refractivity contribution in [3.63, 3.8) is 0 Å². The van der Waals surface area contributed by atoms with Crippen molar-refractivity contribution in [2.75, 3.05) is 10.7 Å². The van der Waals surface area contributed by atoms with Crippen molar-refractivity contribution in [1.82, 2.24) is 20.1 Å². The minimum atomic E-state index is -0.325. The number of thioether (sulfide) groups is 1. The lowest BCUT2D eigenvalue weighted by Gasteiger charge is -2.31. The maximum atomic E-state index is 13.7. The van der Waals surface area contributed by atoms with E-state index in [0.717, 1.165) is 26.7 Å². The van der Waals surface area contributed by atoms with Gasteiger partial charge >= 0.3 is 0 Å². The Morgan fingerprint density at radius 1 is 0.923 bits per heavy atom. The standard InChI is InChI=1S/C30H31N5O2S2/c1-5-34-28(27(19(2)3)31-29(37)21-16-14-20(4)15-17-21)32-33-30(34)38-18-26(36)35-22-10-6-8-12-24(22)39-25-13-9-7-11-23(25)35/h6-17,19,27H,5,18H2,1-4H3,(H,31,37). The normalized spacial score (nSPS) is 13.1. The summed E-state index contributed by atoms with van der Waals surface area (Å²) in [6.07, 6.45) is 0. The van der Waals surface area contributed by atoms with E-state index in [9.17, 15) is 9.59 Å². The zero-order valence-corrected chi connectivity index (χ0v) is 24.1. The monoisotopic (exact) mass is 557 g/mol. The van der Waals surface area contributed by atoms with Crippen LogP contribution < -0.4 is 10.2 Å². The van der Waals surface area contributed by atoms with Crippen LogP contribution in [0.25, 0.3) is 0 Å². The number of carbonyl (C=O) groups excluding carboxylic acids is 2. The summed E-state index contributed by atoms with van der Waals surface area (Å²) in [5.41, 5.74) is 3.49. The third-order valence-corrected chi connectivity index (χ3v) is 8.70. The number of hydrogen-bond acceptors (Lipinski definition) is 6. The number of para-hydroxylation sites is 2. The molecule has 5 rings (SSSR count). The highest BCUT2D eigenvalue weighted by Crippen LogP contribution is 2.48. The maximum Gasteiger partial charge on any atom is 0.251 e. The Hall–Kier alpha value is -3.56. The van der Waals surface area contributed by atoms with Gasteiger partial charge in [-0.15, -0.1) is 10.2 Å². The van der Waals surface area contributed by atoms with E-state index in [1.165, 1.54) is 11.8 Å². The lowest BCUT2D eigenvalue weighted by Crippen LogP contribution is -2.34. The second-order valence-corrected chi connectivity index (χ2v) is 11.7. The maximum absolute atomic E-state index is 13.7. The molecule has 1 aliphatic rings. The van der Waals surface area contributed by atoms with Gasteiger partial charge in [0, 0.05) is 21.9 Å². The largest absolute Gasteiger partial charge is 0.342 e. The van der Waals surface area contributed by atoms with Crippen LogP contribution in [0.5, 0.6) is 0 Å². The van der Waals surface area contributed by atoms with Crippen LogP contribution in [0.3, 0.4) is 0 Å². The second kappa shape index (κ2) is 11.7. The van der Waals surface area contributed by atoms with Gasteiger partial charge in [0.2, 0.25) is 5.91 Å². The van der Waals surface area contributed by atoms with Gasteiger partial charge in [-0.3, -0.25) is 14.5 Å². The van der Waals surface area contributed by atoms with E-state index in [1.54, 1.807) is 16.7 Å². The lowest BCUT2D eigenvalue weighted by atomic mass is 10.0. The Morgan fingerprint density at radius 3 is 2.13 bits per heavy atom. The SMILES string of the molecule is CCn1c(SCC(=O)N2c3ccccc3Sc3ccccc32)nnc1C(NC(=O)c1ccc(C)cc1)C(C)C. The molecule has 0 radical (unpaired) electrons. The van der Waals surface area contributed by atoms with Crippen molar-refractivity contribution in [3.8, 4) is 0 Å². The fraction of sp³-hybridized carbons (Fsp3) is 0.267. The lowest BCUT2D eigenvalue weighted by molar-refractivity contribution is -0.115. The van der Waals surface area contributed by atoms with Crippen molar-refractivity contribution < 1.29 is 9.59 Å². The zero-order chi connectivity index (χ0) is 27.5. The Labute approximate surface area is 237 Å². The summed E-state index contributed by atoms with van der Waals surface area (Å²) in [7, 11) is 0. The van der Waals surface area contributed by atoms with Gasteiger partial charge in [0.1, 0.15) is 0 Å². The van der Waals surface area contributed by atoms with Crippen molar-refractivity contribution >= 4 is 46.7 Å². The summed E-state index contributed by atoms with van der Waals surface area (Å²) in [6, 6.07) is 23.1. The summed E-state index contributed by atoms with van der Waals surface area (Å²) in [5.74, 6) is 0.804. The van der Waals surface area contributed by atoms with E-state index in [4.69, 9.17) is 0 Å². The number of rotatable bonds is 8. The van der Waals surface area contributed by atoms with Gasteiger partial charge in [-0.05, 0) is 56.2 Å². The molecule has 2 amide bonds. The Morgan fingerprint density at radius 2 is 1.54 bits per heavy atom. The molecule has 0 aliphatic carbocycles. The third kappa shape index (κ3) is 5.60. The smallest absolute Gasteiger partial charge is 0.251 e. The van der Waals surface area contributed by atoms with E-state index in [2.05, 4.69) is 15.5 Å². The topological polar surface area (TPSA) is 80.1 Å². The second-order valence-electron chi connectivity index (χ2n) is 9.70. The third-order valence-electron chi connectivity index (χ3n) is 6.61. The number of aryl methyl sites for hydroxylation is 1. The first kappa shape index (κ1) is 27.0. The van der Waals surface area contributed by atoms with Crippen LogP contribution in [0.15, 0.2) is 87.7 Å². The molecule has 39 heavy (non-hydrogen) atoms. The van der Waals surface area contributed by atoms with Gasteiger partial charge in [-0.25, -0.2) is 0 Å². The zero-order valence-electron chi connectivity index (χ0n) is 22.4. The van der Waals surface area contributed by atoms with Gasteiger partial charge in [-0.2, -0.15) is 0 Å². The highest BCUT2D eigenvalue weighted by atomic mass is 32.2. The molecule has 200 valence electrons. The van der Waals surface area contributed by atoms with Crippen LogP contribution in [0.4, 0.5) is 11.4 Å². The van der Waals surface area contributed by atoms with E-state index in [-0.39, 0.29) is 29.5 Å². The fourth-order valence-corrected chi connectivity index (χ4v) is 6.47. The summed E-state index contributed by atoms with van der Waals surface area (Å²) in [4.78, 5) is 30.6. The quantitative estimate of drug-likeness (QED) is 0.244. The van der Waals surface area contributed by atoms with Crippen LogP contribution in [0.2, 0.25) is 0 Å². The molecule has 0 saturated carbocycles. The number of nitrogens with one attached hydrogen (secondary N) is 1. The van der Waals surface area contributed by atoms with Gasteiger partial charge in [-0.1, -0.05) is 79.3 Å². The molecule has 9 heteroatoms. The van der Waals surface area contributed by atoms with Crippen LogP contribution in [-0.2, 0) is 11.3 Å². The molecule has 4 aromatic rings. The molecular weight excluding hydrogens is 526 g/mol. The number of carbonyl (C=O) groups is 2. The molecule has 3 aromatic carbocycles. The summed E-state index contributed by atoms with van der Waals surface area (Å²) >= 11 is 3.04.